The van der Waals surface area contributed by atoms with Crippen molar-refractivity contribution in [3.63, 3.8) is 0 Å². The van der Waals surface area contributed by atoms with Crippen LogP contribution in [0.15, 0.2) is 24.3 Å². The van der Waals surface area contributed by atoms with Crippen molar-refractivity contribution in [2.24, 2.45) is 0 Å². The summed E-state index contributed by atoms with van der Waals surface area (Å²) in [5, 5.41) is 0. The normalized spacial score (nSPS) is 13.1. The van der Waals surface area contributed by atoms with Gasteiger partial charge in [0.1, 0.15) is 0 Å². The summed E-state index contributed by atoms with van der Waals surface area (Å²) in [7, 11) is 1.70. The summed E-state index contributed by atoms with van der Waals surface area (Å²) in [6, 6.07) is 8.45. The molecule has 0 aliphatic rings. The lowest BCUT2D eigenvalue weighted by Crippen LogP contribution is -2.15. The second-order valence-electron chi connectivity index (χ2n) is 4.43. The van der Waals surface area contributed by atoms with Gasteiger partial charge in [-0.25, -0.2) is 0 Å². The van der Waals surface area contributed by atoms with Crippen LogP contribution in [0.2, 0.25) is 0 Å². The molecule has 0 heterocycles. The van der Waals surface area contributed by atoms with E-state index in [1.807, 2.05) is 6.92 Å². The van der Waals surface area contributed by atoms with E-state index in [1.54, 1.807) is 7.11 Å². The van der Waals surface area contributed by atoms with Crippen molar-refractivity contribution in [3.8, 4) is 0 Å². The maximum atomic E-state index is 5.73. The standard InChI is InChI=1S/C14H22O2/c1-11(2)14-8-6-5-7-13(14)10-16-12(3)9-15-4/h5-8,11-12H,9-10H2,1-4H3. The first-order chi connectivity index (χ1) is 7.65. The largest absolute Gasteiger partial charge is 0.382 e. The smallest absolute Gasteiger partial charge is 0.0784 e. The molecular weight excluding hydrogens is 200 g/mol. The average molecular weight is 222 g/mol. The molecule has 0 amide bonds. The molecule has 1 rings (SSSR count). The first-order valence-corrected chi connectivity index (χ1v) is 5.83. The summed E-state index contributed by atoms with van der Waals surface area (Å²) in [6.45, 7) is 7.75. The van der Waals surface area contributed by atoms with Gasteiger partial charge in [0.2, 0.25) is 0 Å². The number of methoxy groups -OCH3 is 1. The maximum Gasteiger partial charge on any atom is 0.0784 e. The SMILES string of the molecule is COCC(C)OCc1ccccc1C(C)C. The van der Waals surface area contributed by atoms with Gasteiger partial charge in [-0.1, -0.05) is 38.1 Å². The molecular formula is C14H22O2. The zero-order chi connectivity index (χ0) is 12.0. The predicted octanol–water partition coefficient (Wildman–Crippen LogP) is 3.36. The van der Waals surface area contributed by atoms with E-state index in [0.29, 0.717) is 19.1 Å². The van der Waals surface area contributed by atoms with Crippen LogP contribution in [0.5, 0.6) is 0 Å². The number of rotatable bonds is 6. The monoisotopic (exact) mass is 222 g/mol. The number of hydrogen-bond acceptors (Lipinski definition) is 2. The highest BCUT2D eigenvalue weighted by molar-refractivity contribution is 5.29. The van der Waals surface area contributed by atoms with Crippen molar-refractivity contribution >= 4 is 0 Å². The van der Waals surface area contributed by atoms with Crippen molar-refractivity contribution < 1.29 is 9.47 Å². The van der Waals surface area contributed by atoms with Crippen molar-refractivity contribution in [1.29, 1.82) is 0 Å². The molecule has 0 saturated carbocycles. The third-order valence-corrected chi connectivity index (χ3v) is 2.60. The Balaban J connectivity index is 2.59. The Morgan fingerprint density at radius 3 is 2.44 bits per heavy atom. The maximum absolute atomic E-state index is 5.73. The van der Waals surface area contributed by atoms with E-state index in [0.717, 1.165) is 0 Å². The van der Waals surface area contributed by atoms with Gasteiger partial charge < -0.3 is 9.47 Å². The van der Waals surface area contributed by atoms with Gasteiger partial charge in [-0.15, -0.1) is 0 Å². The first-order valence-electron chi connectivity index (χ1n) is 5.83. The molecule has 1 unspecified atom stereocenters. The minimum Gasteiger partial charge on any atom is -0.382 e. The summed E-state index contributed by atoms with van der Waals surface area (Å²) in [5.74, 6) is 0.539. The molecule has 16 heavy (non-hydrogen) atoms. The molecule has 0 fully saturated rings. The van der Waals surface area contributed by atoms with E-state index >= 15 is 0 Å². The minimum absolute atomic E-state index is 0.144. The van der Waals surface area contributed by atoms with Gasteiger partial charge in [0.05, 0.1) is 19.3 Å². The number of hydrogen-bond donors (Lipinski definition) is 0. The fourth-order valence-electron chi connectivity index (χ4n) is 1.74. The molecule has 0 saturated heterocycles. The highest BCUT2D eigenvalue weighted by atomic mass is 16.5. The second kappa shape index (κ2) is 6.66. The van der Waals surface area contributed by atoms with Gasteiger partial charge in [-0.3, -0.25) is 0 Å². The lowest BCUT2D eigenvalue weighted by molar-refractivity contribution is -0.000426. The fourth-order valence-corrected chi connectivity index (χ4v) is 1.74. The van der Waals surface area contributed by atoms with Crippen LogP contribution in [0.4, 0.5) is 0 Å². The van der Waals surface area contributed by atoms with Crippen molar-refractivity contribution in [2.75, 3.05) is 13.7 Å². The van der Waals surface area contributed by atoms with E-state index < -0.39 is 0 Å². The lowest BCUT2D eigenvalue weighted by Gasteiger charge is -2.16. The van der Waals surface area contributed by atoms with Crippen LogP contribution >= 0.6 is 0 Å². The molecule has 0 aliphatic carbocycles. The average Bonchev–Trinajstić information content (AvgIpc) is 2.27. The van der Waals surface area contributed by atoms with Crippen LogP contribution in [0.25, 0.3) is 0 Å². The third kappa shape index (κ3) is 3.95. The van der Waals surface area contributed by atoms with Crippen molar-refractivity contribution in [1.82, 2.24) is 0 Å². The molecule has 0 aromatic heterocycles. The Morgan fingerprint density at radius 1 is 1.12 bits per heavy atom. The summed E-state index contributed by atoms with van der Waals surface area (Å²) < 4.78 is 10.8. The molecule has 1 aromatic carbocycles. The van der Waals surface area contributed by atoms with E-state index in [9.17, 15) is 0 Å². The molecule has 0 bridgehead atoms. The van der Waals surface area contributed by atoms with Crippen LogP contribution in [-0.4, -0.2) is 19.8 Å². The van der Waals surface area contributed by atoms with Gasteiger partial charge in [-0.2, -0.15) is 0 Å². The summed E-state index contributed by atoms with van der Waals surface area (Å²) in [4.78, 5) is 0. The molecule has 0 spiro atoms. The lowest BCUT2D eigenvalue weighted by atomic mass is 9.98. The highest BCUT2D eigenvalue weighted by Crippen LogP contribution is 2.20. The zero-order valence-electron chi connectivity index (χ0n) is 10.7. The molecule has 90 valence electrons. The first kappa shape index (κ1) is 13.2. The van der Waals surface area contributed by atoms with Gasteiger partial charge in [0, 0.05) is 7.11 Å². The molecule has 1 aromatic rings. The molecule has 1 atom stereocenters. The molecule has 0 radical (unpaired) electrons. The van der Waals surface area contributed by atoms with E-state index in [1.165, 1.54) is 11.1 Å². The van der Waals surface area contributed by atoms with E-state index in [2.05, 4.69) is 38.1 Å². The summed E-state index contributed by atoms with van der Waals surface area (Å²) >= 11 is 0. The Labute approximate surface area is 98.6 Å². The van der Waals surface area contributed by atoms with Gasteiger partial charge >= 0.3 is 0 Å². The predicted molar refractivity (Wildman–Crippen MR) is 66.7 cm³/mol. The molecule has 0 N–H and O–H groups in total. The minimum atomic E-state index is 0.144. The third-order valence-electron chi connectivity index (χ3n) is 2.60. The van der Waals surface area contributed by atoms with Crippen LogP contribution in [-0.2, 0) is 16.1 Å². The topological polar surface area (TPSA) is 18.5 Å². The highest BCUT2D eigenvalue weighted by Gasteiger charge is 2.07. The molecule has 0 aliphatic heterocycles. The summed E-state index contributed by atoms with van der Waals surface area (Å²) in [5.41, 5.74) is 2.65. The molecule has 2 nitrogen and oxygen atoms in total. The van der Waals surface area contributed by atoms with Crippen LogP contribution in [0, 0.1) is 0 Å². The Kier molecular flexibility index (Phi) is 5.50. The Hall–Kier alpha value is -0.860. The van der Waals surface area contributed by atoms with Gasteiger partial charge in [0.25, 0.3) is 0 Å². The number of benzene rings is 1. The Morgan fingerprint density at radius 2 is 1.81 bits per heavy atom. The number of ether oxygens (including phenoxy) is 2. The van der Waals surface area contributed by atoms with E-state index in [4.69, 9.17) is 9.47 Å². The van der Waals surface area contributed by atoms with Crippen LogP contribution < -0.4 is 0 Å². The summed E-state index contributed by atoms with van der Waals surface area (Å²) in [6.07, 6.45) is 0.144. The van der Waals surface area contributed by atoms with Crippen LogP contribution in [0.3, 0.4) is 0 Å². The van der Waals surface area contributed by atoms with Crippen molar-refractivity contribution in [2.45, 2.75) is 39.4 Å². The Bertz CT molecular complexity index is 307. The quantitative estimate of drug-likeness (QED) is 0.734. The van der Waals surface area contributed by atoms with Crippen molar-refractivity contribution in [3.05, 3.63) is 35.4 Å². The van der Waals surface area contributed by atoms with E-state index in [-0.39, 0.29) is 6.10 Å². The molecule has 2 heteroatoms. The fraction of sp³-hybridized carbons (Fsp3) is 0.571. The van der Waals surface area contributed by atoms with Gasteiger partial charge in [-0.05, 0) is 24.0 Å². The van der Waals surface area contributed by atoms with Gasteiger partial charge in [0.15, 0.2) is 0 Å². The zero-order valence-corrected chi connectivity index (χ0v) is 10.7. The second-order valence-corrected chi connectivity index (χ2v) is 4.43. The van der Waals surface area contributed by atoms with Crippen LogP contribution in [0.1, 0.15) is 37.8 Å².